The zero-order valence-electron chi connectivity index (χ0n) is 20.4. The molecule has 0 saturated carbocycles. The first-order valence-corrected chi connectivity index (χ1v) is 12.7. The molecule has 11 heteroatoms. The number of allylic oxidation sites excluding steroid dienone is 1. The van der Waals surface area contributed by atoms with Crippen LogP contribution in [0.4, 0.5) is 5.82 Å². The van der Waals surface area contributed by atoms with Crippen molar-refractivity contribution in [3.63, 3.8) is 0 Å². The summed E-state index contributed by atoms with van der Waals surface area (Å²) in [6, 6.07) is 17.8. The van der Waals surface area contributed by atoms with E-state index in [-0.39, 0.29) is 40.4 Å². The molecule has 2 aromatic heterocycles. The molecule has 4 aromatic rings. The Labute approximate surface area is 215 Å². The van der Waals surface area contributed by atoms with Crippen LogP contribution in [0.5, 0.6) is 23.1 Å². The lowest BCUT2D eigenvalue weighted by molar-refractivity contribution is 0.347. The zero-order chi connectivity index (χ0) is 26.3. The number of nitrogens with zero attached hydrogens (tertiary/aromatic N) is 5. The van der Waals surface area contributed by atoms with Gasteiger partial charge in [-0.15, -0.1) is 4.36 Å². The second-order valence-electron chi connectivity index (χ2n) is 7.50. The van der Waals surface area contributed by atoms with Crippen molar-refractivity contribution in [3.05, 3.63) is 83.5 Å². The molecule has 2 heterocycles. The minimum absolute atomic E-state index is 0.0256. The summed E-state index contributed by atoms with van der Waals surface area (Å²) in [7, 11) is -1.05. The summed E-state index contributed by atoms with van der Waals surface area (Å²) in [6.45, 7) is 1.77. The first-order valence-electron chi connectivity index (χ1n) is 11.2. The van der Waals surface area contributed by atoms with Gasteiger partial charge in [-0.2, -0.15) is 4.98 Å². The van der Waals surface area contributed by atoms with Gasteiger partial charge < -0.3 is 14.2 Å². The number of hydrogen-bond donors (Lipinski definition) is 1. The summed E-state index contributed by atoms with van der Waals surface area (Å²) < 4.78 is 45.7. The van der Waals surface area contributed by atoms with Crippen LogP contribution >= 0.6 is 0 Å². The van der Waals surface area contributed by atoms with Crippen LogP contribution in [0.25, 0.3) is 17.7 Å². The smallest absolute Gasteiger partial charge is 0.263 e. The molecule has 0 aliphatic rings. The minimum Gasteiger partial charge on any atom is -0.493 e. The average Bonchev–Trinajstić information content (AvgIpc) is 2.93. The summed E-state index contributed by atoms with van der Waals surface area (Å²) in [4.78, 5) is 17.3. The van der Waals surface area contributed by atoms with Crippen molar-refractivity contribution in [2.24, 2.45) is 4.36 Å². The number of benzene rings is 2. The monoisotopic (exact) mass is 519 g/mol. The van der Waals surface area contributed by atoms with Gasteiger partial charge in [0.1, 0.15) is 0 Å². The molecule has 0 saturated heterocycles. The molecule has 0 bridgehead atoms. The standard InChI is InChI=1S/C26H25N5O5S/c1-4-19(17-18-11-6-5-7-12-18)37(32,33)31-23-22(36-21-14-9-8-13-20(21)34-2)26(35-3)30-25(29-23)24-27-15-10-16-28-24/h5-17H,4H2,1-3H3,(H,29,30,31,32,33)/b19-17+. The first kappa shape index (κ1) is 25.7. The Kier molecular flexibility index (Phi) is 8.06. The Morgan fingerprint density at radius 2 is 1.59 bits per heavy atom. The van der Waals surface area contributed by atoms with Crippen LogP contribution < -0.4 is 14.2 Å². The number of ether oxygens (including phenoxy) is 3. The Balaban J connectivity index is 1.93. The summed E-state index contributed by atoms with van der Waals surface area (Å²) in [5, 5.41) is 0. The van der Waals surface area contributed by atoms with Crippen molar-refractivity contribution < 1.29 is 23.0 Å². The summed E-state index contributed by atoms with van der Waals surface area (Å²) in [5.74, 6) is 0.664. The Hall–Kier alpha value is -4.35. The van der Waals surface area contributed by atoms with E-state index in [2.05, 4.69) is 24.3 Å². The van der Waals surface area contributed by atoms with E-state index in [1.807, 2.05) is 30.3 Å². The predicted molar refractivity (Wildman–Crippen MR) is 140 cm³/mol. The molecule has 10 nitrogen and oxygen atoms in total. The van der Waals surface area contributed by atoms with Crippen LogP contribution in [-0.4, -0.2) is 42.9 Å². The molecule has 1 N–H and O–H groups in total. The van der Waals surface area contributed by atoms with Crippen molar-refractivity contribution >= 4 is 21.9 Å². The quantitative estimate of drug-likeness (QED) is 0.293. The third kappa shape index (κ3) is 6.08. The first-order chi connectivity index (χ1) is 17.9. The van der Waals surface area contributed by atoms with E-state index >= 15 is 0 Å². The van der Waals surface area contributed by atoms with E-state index < -0.39 is 10.0 Å². The molecule has 190 valence electrons. The van der Waals surface area contributed by atoms with Crippen LogP contribution in [0.1, 0.15) is 18.9 Å². The number of aromatic nitrogens is 4. The Morgan fingerprint density at radius 3 is 2.24 bits per heavy atom. The third-order valence-electron chi connectivity index (χ3n) is 5.08. The zero-order valence-corrected chi connectivity index (χ0v) is 21.3. The van der Waals surface area contributed by atoms with Crippen molar-refractivity contribution in [2.45, 2.75) is 13.3 Å². The van der Waals surface area contributed by atoms with E-state index in [1.54, 1.807) is 43.3 Å². The van der Waals surface area contributed by atoms with E-state index in [9.17, 15) is 8.76 Å². The SMILES string of the molecule is CC/C(=C\c1ccccc1)S(=O)(O)=Nc1nc(-c2ncccn2)nc(OC)c1Oc1ccccc1OC. The van der Waals surface area contributed by atoms with Gasteiger partial charge in [-0.1, -0.05) is 49.4 Å². The van der Waals surface area contributed by atoms with Crippen molar-refractivity contribution in [1.29, 1.82) is 0 Å². The Morgan fingerprint density at radius 1 is 0.919 bits per heavy atom. The lowest BCUT2D eigenvalue weighted by Gasteiger charge is -2.15. The molecule has 1 unspecified atom stereocenters. The number of hydrogen-bond acceptors (Lipinski definition) is 9. The maximum absolute atomic E-state index is 13.6. The third-order valence-corrected chi connectivity index (χ3v) is 6.59. The lowest BCUT2D eigenvalue weighted by atomic mass is 10.2. The molecule has 1 atom stereocenters. The van der Waals surface area contributed by atoms with Crippen LogP contribution in [0.3, 0.4) is 0 Å². The average molecular weight is 520 g/mol. The van der Waals surface area contributed by atoms with Crippen LogP contribution in [0, 0.1) is 0 Å². The fourth-order valence-corrected chi connectivity index (χ4v) is 4.45. The second kappa shape index (κ2) is 11.6. The number of para-hydroxylation sites is 2. The lowest BCUT2D eigenvalue weighted by Crippen LogP contribution is -2.04. The summed E-state index contributed by atoms with van der Waals surface area (Å²) in [6.07, 6.45) is 4.96. The highest BCUT2D eigenvalue weighted by atomic mass is 32.2. The van der Waals surface area contributed by atoms with Crippen molar-refractivity contribution in [1.82, 2.24) is 19.9 Å². The van der Waals surface area contributed by atoms with Crippen molar-refractivity contribution in [2.75, 3.05) is 14.2 Å². The number of rotatable bonds is 9. The molecule has 4 rings (SSSR count). The minimum atomic E-state index is -3.94. The highest BCUT2D eigenvalue weighted by molar-refractivity contribution is 7.92. The highest BCUT2D eigenvalue weighted by Crippen LogP contribution is 2.42. The molecular weight excluding hydrogens is 494 g/mol. The van der Waals surface area contributed by atoms with E-state index in [0.29, 0.717) is 11.5 Å². The van der Waals surface area contributed by atoms with Crippen molar-refractivity contribution in [3.8, 4) is 34.8 Å². The molecule has 0 aliphatic carbocycles. The van der Waals surface area contributed by atoms with Gasteiger partial charge in [0.25, 0.3) is 5.88 Å². The predicted octanol–water partition coefficient (Wildman–Crippen LogP) is 5.77. The van der Waals surface area contributed by atoms with E-state index in [0.717, 1.165) is 5.56 Å². The van der Waals surface area contributed by atoms with E-state index in [1.165, 1.54) is 26.6 Å². The van der Waals surface area contributed by atoms with Gasteiger partial charge in [0.2, 0.25) is 17.4 Å². The van der Waals surface area contributed by atoms with Gasteiger partial charge in [-0.05, 0) is 36.3 Å². The van der Waals surface area contributed by atoms with E-state index in [4.69, 9.17) is 14.2 Å². The second-order valence-corrected chi connectivity index (χ2v) is 9.20. The molecule has 0 radical (unpaired) electrons. The van der Waals surface area contributed by atoms with Gasteiger partial charge in [0.05, 0.1) is 19.1 Å². The molecule has 0 aliphatic heterocycles. The fraction of sp³-hybridized carbons (Fsp3) is 0.154. The van der Waals surface area contributed by atoms with Gasteiger partial charge in [-0.25, -0.2) is 19.2 Å². The highest BCUT2D eigenvalue weighted by Gasteiger charge is 2.23. The summed E-state index contributed by atoms with van der Waals surface area (Å²) >= 11 is 0. The topological polar surface area (TPSA) is 129 Å². The maximum atomic E-state index is 13.6. The fourth-order valence-electron chi connectivity index (χ4n) is 3.31. The molecule has 0 amide bonds. The number of methoxy groups -OCH3 is 2. The van der Waals surface area contributed by atoms with Gasteiger partial charge in [0, 0.05) is 12.4 Å². The van der Waals surface area contributed by atoms with Gasteiger partial charge in [-0.3, -0.25) is 4.55 Å². The largest absolute Gasteiger partial charge is 0.493 e. The normalized spacial score (nSPS) is 12.9. The summed E-state index contributed by atoms with van der Waals surface area (Å²) in [5.41, 5.74) is 0.764. The van der Waals surface area contributed by atoms with Gasteiger partial charge in [0.15, 0.2) is 27.3 Å². The molecule has 0 fully saturated rings. The molecule has 37 heavy (non-hydrogen) atoms. The Bertz CT molecular complexity index is 1520. The van der Waals surface area contributed by atoms with Crippen LogP contribution in [-0.2, 0) is 10.0 Å². The van der Waals surface area contributed by atoms with Crippen LogP contribution in [0.15, 0.2) is 82.3 Å². The molecular formula is C26H25N5O5S. The molecule has 0 spiro atoms. The van der Waals surface area contributed by atoms with Gasteiger partial charge >= 0.3 is 0 Å². The maximum Gasteiger partial charge on any atom is 0.263 e. The van der Waals surface area contributed by atoms with Crippen LogP contribution in [0.2, 0.25) is 0 Å². The molecule has 2 aromatic carbocycles.